The average Bonchev–Trinajstić information content (AvgIpc) is 2.88. The first kappa shape index (κ1) is 10.3. The molecule has 1 aromatic carbocycles. The van der Waals surface area contributed by atoms with Gasteiger partial charge in [0, 0.05) is 11.6 Å². The lowest BCUT2D eigenvalue weighted by molar-refractivity contribution is 0.399. The molecule has 1 saturated carbocycles. The van der Waals surface area contributed by atoms with Gasteiger partial charge in [-0.15, -0.1) is 0 Å². The molecular weight excluding hydrogens is 190 g/mol. The fraction of sp³-hybridized carbons (Fsp3) is 0.500. The van der Waals surface area contributed by atoms with Gasteiger partial charge in [0.05, 0.1) is 7.11 Å². The van der Waals surface area contributed by atoms with Gasteiger partial charge in [-0.25, -0.2) is 0 Å². The Kier molecular flexibility index (Phi) is 2.35. The van der Waals surface area contributed by atoms with E-state index >= 15 is 0 Å². The van der Waals surface area contributed by atoms with Crippen molar-refractivity contribution < 1.29 is 9.84 Å². The van der Waals surface area contributed by atoms with Crippen LogP contribution in [0.3, 0.4) is 0 Å². The maximum absolute atomic E-state index is 9.45. The van der Waals surface area contributed by atoms with Crippen molar-refractivity contribution in [3.8, 4) is 11.5 Å². The molecule has 0 amide bonds. The van der Waals surface area contributed by atoms with Crippen molar-refractivity contribution in [3.63, 3.8) is 0 Å². The number of aryl methyl sites for hydroxylation is 1. The third kappa shape index (κ3) is 2.07. The van der Waals surface area contributed by atoms with Gasteiger partial charge >= 0.3 is 0 Å². The van der Waals surface area contributed by atoms with Crippen LogP contribution in [0.5, 0.6) is 11.5 Å². The van der Waals surface area contributed by atoms with Crippen LogP contribution in [0.2, 0.25) is 0 Å². The lowest BCUT2D eigenvalue weighted by atomic mass is 9.98. The second-order valence-corrected chi connectivity index (χ2v) is 4.48. The monoisotopic (exact) mass is 207 g/mol. The predicted molar refractivity (Wildman–Crippen MR) is 59.3 cm³/mol. The van der Waals surface area contributed by atoms with Gasteiger partial charge in [0.2, 0.25) is 0 Å². The number of hydrogen-bond acceptors (Lipinski definition) is 3. The number of rotatable bonds is 3. The summed E-state index contributed by atoms with van der Waals surface area (Å²) in [5.41, 5.74) is 8.22. The number of ether oxygens (including phenoxy) is 1. The topological polar surface area (TPSA) is 55.5 Å². The van der Waals surface area contributed by atoms with Crippen LogP contribution in [0.4, 0.5) is 0 Å². The molecule has 0 spiro atoms. The number of phenols is 1. The molecule has 0 aromatic heterocycles. The summed E-state index contributed by atoms with van der Waals surface area (Å²) in [6.45, 7) is 1.98. The minimum atomic E-state index is -0.0327. The van der Waals surface area contributed by atoms with Crippen LogP contribution in [0.25, 0.3) is 0 Å². The first-order valence-electron chi connectivity index (χ1n) is 5.19. The number of hydrogen-bond donors (Lipinski definition) is 2. The van der Waals surface area contributed by atoms with E-state index in [2.05, 4.69) is 0 Å². The summed E-state index contributed by atoms with van der Waals surface area (Å²) in [7, 11) is 1.62. The molecule has 0 radical (unpaired) electrons. The maximum Gasteiger partial charge on any atom is 0.126 e. The smallest absolute Gasteiger partial charge is 0.126 e. The highest BCUT2D eigenvalue weighted by Gasteiger charge is 2.39. The van der Waals surface area contributed by atoms with Crippen LogP contribution in [-0.2, 0) is 6.42 Å². The van der Waals surface area contributed by atoms with E-state index in [1.165, 1.54) is 0 Å². The quantitative estimate of drug-likeness (QED) is 0.793. The van der Waals surface area contributed by atoms with Crippen molar-refractivity contribution in [1.29, 1.82) is 0 Å². The van der Waals surface area contributed by atoms with Crippen molar-refractivity contribution in [2.24, 2.45) is 5.73 Å². The summed E-state index contributed by atoms with van der Waals surface area (Å²) in [6.07, 6.45) is 3.00. The fourth-order valence-corrected chi connectivity index (χ4v) is 1.86. The summed E-state index contributed by atoms with van der Waals surface area (Å²) < 4.78 is 5.27. The van der Waals surface area contributed by atoms with Gasteiger partial charge in [-0.3, -0.25) is 0 Å². The Morgan fingerprint density at radius 3 is 2.67 bits per heavy atom. The maximum atomic E-state index is 9.45. The van der Waals surface area contributed by atoms with Gasteiger partial charge < -0.3 is 15.6 Å². The zero-order chi connectivity index (χ0) is 11.1. The average molecular weight is 207 g/mol. The number of aromatic hydroxyl groups is 1. The molecule has 1 fully saturated rings. The van der Waals surface area contributed by atoms with Crippen LogP contribution in [0, 0.1) is 6.92 Å². The summed E-state index contributed by atoms with van der Waals surface area (Å²) in [5, 5.41) is 9.45. The third-order valence-electron chi connectivity index (χ3n) is 3.06. The van der Waals surface area contributed by atoms with Crippen molar-refractivity contribution >= 4 is 0 Å². The van der Waals surface area contributed by atoms with Crippen LogP contribution < -0.4 is 10.5 Å². The normalized spacial score (nSPS) is 17.5. The van der Waals surface area contributed by atoms with Crippen molar-refractivity contribution in [2.45, 2.75) is 31.7 Å². The minimum Gasteiger partial charge on any atom is -0.508 e. The SMILES string of the molecule is COc1cc(O)cc(C)c1CC1(N)CC1. The fourth-order valence-electron chi connectivity index (χ4n) is 1.86. The number of nitrogens with two attached hydrogens (primary N) is 1. The first-order chi connectivity index (χ1) is 7.04. The number of benzene rings is 1. The molecule has 0 atom stereocenters. The van der Waals surface area contributed by atoms with Gasteiger partial charge in [-0.1, -0.05) is 0 Å². The molecule has 0 heterocycles. The molecule has 15 heavy (non-hydrogen) atoms. The Bertz CT molecular complexity index is 383. The van der Waals surface area contributed by atoms with Gasteiger partial charge in [-0.2, -0.15) is 0 Å². The van der Waals surface area contributed by atoms with Crippen molar-refractivity contribution in [2.75, 3.05) is 7.11 Å². The zero-order valence-corrected chi connectivity index (χ0v) is 9.21. The second kappa shape index (κ2) is 3.42. The van der Waals surface area contributed by atoms with E-state index in [4.69, 9.17) is 10.5 Å². The standard InChI is InChI=1S/C12H17NO2/c1-8-5-9(14)6-11(15-2)10(8)7-12(13)3-4-12/h5-6,14H,3-4,7,13H2,1-2H3. The molecule has 3 N–H and O–H groups in total. The van der Waals surface area contributed by atoms with E-state index in [9.17, 15) is 5.11 Å². The minimum absolute atomic E-state index is 0.0327. The molecule has 82 valence electrons. The van der Waals surface area contributed by atoms with Gasteiger partial charge in [0.15, 0.2) is 0 Å². The van der Waals surface area contributed by atoms with Crippen LogP contribution >= 0.6 is 0 Å². The van der Waals surface area contributed by atoms with Crippen LogP contribution in [-0.4, -0.2) is 17.8 Å². The Morgan fingerprint density at radius 1 is 1.47 bits per heavy atom. The predicted octanol–water partition coefficient (Wildman–Crippen LogP) is 1.74. The van der Waals surface area contributed by atoms with E-state index < -0.39 is 0 Å². The Labute approximate surface area is 89.9 Å². The van der Waals surface area contributed by atoms with Crippen molar-refractivity contribution in [1.82, 2.24) is 0 Å². The molecule has 3 nitrogen and oxygen atoms in total. The summed E-state index contributed by atoms with van der Waals surface area (Å²) in [5.74, 6) is 0.985. The summed E-state index contributed by atoms with van der Waals surface area (Å²) >= 11 is 0. The Hall–Kier alpha value is -1.22. The molecular formula is C12H17NO2. The first-order valence-corrected chi connectivity index (χ1v) is 5.19. The number of phenolic OH excluding ortho intramolecular Hbond substituents is 1. The summed E-state index contributed by atoms with van der Waals surface area (Å²) in [4.78, 5) is 0. The zero-order valence-electron chi connectivity index (χ0n) is 9.21. The van der Waals surface area contributed by atoms with Gasteiger partial charge in [0.1, 0.15) is 11.5 Å². The molecule has 0 saturated heterocycles. The molecule has 0 bridgehead atoms. The highest BCUT2D eigenvalue weighted by molar-refractivity contribution is 5.46. The summed E-state index contributed by atoms with van der Waals surface area (Å²) in [6, 6.07) is 3.40. The molecule has 1 aliphatic carbocycles. The highest BCUT2D eigenvalue weighted by atomic mass is 16.5. The lowest BCUT2D eigenvalue weighted by Gasteiger charge is -2.15. The van der Waals surface area contributed by atoms with E-state index in [0.717, 1.165) is 36.1 Å². The molecule has 0 aliphatic heterocycles. The van der Waals surface area contributed by atoms with E-state index in [-0.39, 0.29) is 11.3 Å². The Balaban J connectivity index is 2.35. The van der Waals surface area contributed by atoms with Gasteiger partial charge in [-0.05, 0) is 43.4 Å². The van der Waals surface area contributed by atoms with Crippen molar-refractivity contribution in [3.05, 3.63) is 23.3 Å². The molecule has 2 rings (SSSR count). The highest BCUT2D eigenvalue weighted by Crippen LogP contribution is 2.39. The van der Waals surface area contributed by atoms with Crippen LogP contribution in [0.15, 0.2) is 12.1 Å². The Morgan fingerprint density at radius 2 is 2.13 bits per heavy atom. The van der Waals surface area contributed by atoms with E-state index in [1.54, 1.807) is 19.2 Å². The molecule has 3 heteroatoms. The van der Waals surface area contributed by atoms with Crippen LogP contribution in [0.1, 0.15) is 24.0 Å². The van der Waals surface area contributed by atoms with E-state index in [1.807, 2.05) is 6.92 Å². The largest absolute Gasteiger partial charge is 0.508 e. The molecule has 0 unspecified atom stereocenters. The third-order valence-corrected chi connectivity index (χ3v) is 3.06. The van der Waals surface area contributed by atoms with Gasteiger partial charge in [0.25, 0.3) is 0 Å². The molecule has 1 aliphatic rings. The lowest BCUT2D eigenvalue weighted by Crippen LogP contribution is -2.25. The number of methoxy groups -OCH3 is 1. The molecule has 1 aromatic rings. The second-order valence-electron chi connectivity index (χ2n) is 4.48. The van der Waals surface area contributed by atoms with E-state index in [0.29, 0.717) is 0 Å².